The number of piperidine rings is 1. The molecule has 300 valence electrons. The summed E-state index contributed by atoms with van der Waals surface area (Å²) in [5, 5.41) is 29.5. The lowest BCUT2D eigenvalue weighted by Crippen LogP contribution is -2.82. The van der Waals surface area contributed by atoms with Crippen LogP contribution >= 0.6 is 0 Å². The van der Waals surface area contributed by atoms with E-state index >= 15 is 0 Å². The minimum atomic E-state index is -1.70. The van der Waals surface area contributed by atoms with Crippen molar-refractivity contribution < 1.29 is 53.0 Å². The van der Waals surface area contributed by atoms with E-state index in [2.05, 4.69) is 17.1 Å². The number of hydrogen-bond acceptors (Lipinski definition) is 12. The zero-order valence-electron chi connectivity index (χ0n) is 32.9. The summed E-state index contributed by atoms with van der Waals surface area (Å²) >= 11 is 0. The molecule has 13 nitrogen and oxygen atoms in total. The molecule has 1 aliphatic heterocycles. The molecule has 6 fully saturated rings. The van der Waals surface area contributed by atoms with E-state index in [1.807, 2.05) is 6.92 Å². The molecule has 54 heavy (non-hydrogen) atoms. The highest BCUT2D eigenvalue weighted by Crippen LogP contribution is 2.80. The molecule has 1 heterocycles. The molecule has 1 spiro atoms. The van der Waals surface area contributed by atoms with Crippen molar-refractivity contribution >= 4 is 23.5 Å². The van der Waals surface area contributed by atoms with Crippen molar-refractivity contribution in [2.24, 2.45) is 40.4 Å². The average molecular weight is 757 g/mol. The highest BCUT2D eigenvalue weighted by Gasteiger charge is 2.91. The smallest absolute Gasteiger partial charge is 0.340 e. The van der Waals surface area contributed by atoms with Crippen LogP contribution in [0.2, 0.25) is 0 Å². The van der Waals surface area contributed by atoms with E-state index < -0.39 is 57.9 Å². The molecule has 0 aromatic heterocycles. The lowest BCUT2D eigenvalue weighted by atomic mass is 9.42. The topological polar surface area (TPSA) is 162 Å². The Bertz CT molecular complexity index is 1590. The first-order valence-electron chi connectivity index (χ1n) is 19.9. The fraction of sp³-hybridized carbons (Fsp3) is 0.780. The number of fused-ring (bicyclic) bond motifs is 2. The van der Waals surface area contributed by atoms with Crippen molar-refractivity contribution in [3.8, 4) is 0 Å². The third-order valence-electron chi connectivity index (χ3n) is 14.9. The number of hydrogen-bond donors (Lipinski definition) is 3. The predicted molar refractivity (Wildman–Crippen MR) is 196 cm³/mol. The van der Waals surface area contributed by atoms with Gasteiger partial charge in [-0.3, -0.25) is 14.5 Å². The SMILES string of the molecule is CCCCOC(=O)CC(C)C(=O)Nc1ccccc1C(=O)OCC12CCC(OC)C34C5CC6C(OC)CC(O)(C5C6OC)C(O)(C(OC)C13)C4N(CC)C2. The summed E-state index contributed by atoms with van der Waals surface area (Å²) in [6, 6.07) is 6.24. The molecule has 0 radical (unpaired) electrons. The molecule has 5 aliphatic carbocycles. The van der Waals surface area contributed by atoms with Gasteiger partial charge >= 0.3 is 11.9 Å². The van der Waals surface area contributed by atoms with Crippen LogP contribution in [0.15, 0.2) is 24.3 Å². The summed E-state index contributed by atoms with van der Waals surface area (Å²) in [4.78, 5) is 41.9. The van der Waals surface area contributed by atoms with Crippen molar-refractivity contribution in [2.45, 2.75) is 107 Å². The molecule has 13 heteroatoms. The van der Waals surface area contributed by atoms with Crippen molar-refractivity contribution in [3.05, 3.63) is 29.8 Å². The number of likely N-dealkylation sites (N-methyl/N-ethyl adjacent to an activating group) is 1. The Hall–Kier alpha value is -2.65. The normalized spacial score (nSPS) is 42.0. The number of carbonyl (C=O) groups is 3. The van der Waals surface area contributed by atoms with Crippen molar-refractivity contribution in [1.82, 2.24) is 4.90 Å². The van der Waals surface area contributed by atoms with Crippen LogP contribution in [-0.4, -0.2) is 129 Å². The van der Waals surface area contributed by atoms with Gasteiger partial charge in [-0.25, -0.2) is 4.79 Å². The van der Waals surface area contributed by atoms with Gasteiger partial charge in [0.25, 0.3) is 0 Å². The Morgan fingerprint density at radius 3 is 2.44 bits per heavy atom. The second-order valence-electron chi connectivity index (χ2n) is 17.0. The molecule has 7 rings (SSSR count). The number of amides is 1. The molecular formula is C41H60N2O11. The number of methoxy groups -OCH3 is 4. The molecule has 1 saturated heterocycles. The first-order chi connectivity index (χ1) is 25.9. The Morgan fingerprint density at radius 1 is 1.02 bits per heavy atom. The minimum absolute atomic E-state index is 0.0391. The van der Waals surface area contributed by atoms with Gasteiger partial charge in [-0.1, -0.05) is 39.3 Å². The number of esters is 2. The number of benzene rings is 1. The fourth-order valence-electron chi connectivity index (χ4n) is 13.0. The summed E-state index contributed by atoms with van der Waals surface area (Å²) in [7, 11) is 6.71. The molecular weight excluding hydrogens is 696 g/mol. The Kier molecular flexibility index (Phi) is 10.8. The molecule has 6 aliphatic rings. The number of anilines is 1. The first-order valence-corrected chi connectivity index (χ1v) is 19.9. The lowest BCUT2D eigenvalue weighted by molar-refractivity contribution is -0.320. The molecule has 1 amide bonds. The van der Waals surface area contributed by atoms with Crippen LogP contribution in [0.4, 0.5) is 5.69 Å². The highest BCUT2D eigenvalue weighted by atomic mass is 16.5. The average Bonchev–Trinajstić information content (AvgIpc) is 3.58. The number of nitrogens with zero attached hydrogens (tertiary/aromatic N) is 1. The number of unbranched alkanes of at least 4 members (excludes halogenated alkanes) is 1. The molecule has 1 aromatic carbocycles. The first kappa shape index (κ1) is 39.6. The van der Waals surface area contributed by atoms with Gasteiger partial charge in [0.05, 0.1) is 61.3 Å². The van der Waals surface area contributed by atoms with Gasteiger partial charge in [-0.15, -0.1) is 0 Å². The van der Waals surface area contributed by atoms with E-state index in [1.54, 1.807) is 59.6 Å². The fourth-order valence-corrected chi connectivity index (χ4v) is 13.0. The maximum absolute atomic E-state index is 14.1. The third-order valence-corrected chi connectivity index (χ3v) is 14.9. The molecule has 3 N–H and O–H groups in total. The number of rotatable bonds is 15. The van der Waals surface area contributed by atoms with E-state index in [-0.39, 0.29) is 67.0 Å². The van der Waals surface area contributed by atoms with Crippen molar-refractivity contribution in [3.63, 3.8) is 0 Å². The maximum Gasteiger partial charge on any atom is 0.340 e. The van der Waals surface area contributed by atoms with Crippen LogP contribution in [0, 0.1) is 40.4 Å². The molecule has 14 unspecified atom stereocenters. The Balaban J connectivity index is 1.21. The number of carbonyl (C=O) groups excluding carboxylic acids is 3. The standard InChI is InChI=1S/C41H60N2O11/c1-8-10-17-53-30(44)18-23(3)35(45)42-27-14-12-11-13-24(27)36(46)54-22-38-16-15-29(50-5)40-26-19-25-28(49-4)20-39(47,31(26)32(25)51-6)41(48,34(52-7)33(38)40)37(40)43(9-2)21-38/h11-14,23,25-26,28-29,31-34,37,47-48H,8-10,15-22H2,1-7H3,(H,42,45). The lowest BCUT2D eigenvalue weighted by Gasteiger charge is -2.70. The van der Waals surface area contributed by atoms with E-state index in [9.17, 15) is 24.6 Å². The summed E-state index contributed by atoms with van der Waals surface area (Å²) in [5.41, 5.74) is -4.07. The minimum Gasteiger partial charge on any atom is -0.466 e. The van der Waals surface area contributed by atoms with Gasteiger partial charge in [0.1, 0.15) is 11.2 Å². The summed E-state index contributed by atoms with van der Waals surface area (Å²) in [5.74, 6) is -2.84. The Morgan fingerprint density at radius 2 is 1.78 bits per heavy atom. The largest absolute Gasteiger partial charge is 0.466 e. The van der Waals surface area contributed by atoms with Crippen LogP contribution in [0.1, 0.15) is 76.1 Å². The van der Waals surface area contributed by atoms with E-state index in [4.69, 9.17) is 28.4 Å². The predicted octanol–water partition coefficient (Wildman–Crippen LogP) is 3.44. The van der Waals surface area contributed by atoms with E-state index in [0.717, 1.165) is 19.3 Å². The number of para-hydroxylation sites is 1. The zero-order valence-corrected chi connectivity index (χ0v) is 32.9. The second kappa shape index (κ2) is 14.7. The molecule has 1 aromatic rings. The molecule has 7 bridgehead atoms. The van der Waals surface area contributed by atoms with E-state index in [1.165, 1.54) is 0 Å². The summed E-state index contributed by atoms with van der Waals surface area (Å²) in [6.07, 6.45) is 2.29. The van der Waals surface area contributed by atoms with Gasteiger partial charge in [-0.05, 0) is 50.3 Å². The van der Waals surface area contributed by atoms with Gasteiger partial charge in [-0.2, -0.15) is 0 Å². The van der Waals surface area contributed by atoms with Crippen LogP contribution in [0.5, 0.6) is 0 Å². The van der Waals surface area contributed by atoms with Crippen molar-refractivity contribution in [2.75, 3.05) is 60.1 Å². The van der Waals surface area contributed by atoms with Crippen molar-refractivity contribution in [1.29, 1.82) is 0 Å². The molecule has 5 saturated carbocycles. The zero-order chi connectivity index (χ0) is 38.8. The van der Waals surface area contributed by atoms with Gasteiger partial charge in [0.15, 0.2) is 0 Å². The monoisotopic (exact) mass is 756 g/mol. The third kappa shape index (κ3) is 5.39. The van der Waals surface area contributed by atoms with Gasteiger partial charge in [0.2, 0.25) is 5.91 Å². The van der Waals surface area contributed by atoms with Gasteiger partial charge < -0.3 is 44.0 Å². The number of aliphatic hydroxyl groups is 2. The van der Waals surface area contributed by atoms with Crippen LogP contribution in [-0.2, 0) is 38.0 Å². The summed E-state index contributed by atoms with van der Waals surface area (Å²) < 4.78 is 36.7. The number of nitrogens with one attached hydrogen (secondary N) is 1. The Labute approximate surface area is 318 Å². The molecule has 14 atom stereocenters. The highest BCUT2D eigenvalue weighted by molar-refractivity contribution is 6.02. The quantitative estimate of drug-likeness (QED) is 0.177. The van der Waals surface area contributed by atoms with Gasteiger partial charge in [0, 0.05) is 75.9 Å². The number of likely N-dealkylation sites (tertiary alicyclic amines) is 1. The van der Waals surface area contributed by atoms with E-state index in [0.29, 0.717) is 38.2 Å². The number of ether oxygens (including phenoxy) is 6. The van der Waals surface area contributed by atoms with Crippen LogP contribution in [0.3, 0.4) is 0 Å². The van der Waals surface area contributed by atoms with Crippen LogP contribution in [0.25, 0.3) is 0 Å². The second-order valence-corrected chi connectivity index (χ2v) is 17.0. The maximum atomic E-state index is 14.1. The van der Waals surface area contributed by atoms with Crippen LogP contribution < -0.4 is 5.32 Å². The summed E-state index contributed by atoms with van der Waals surface area (Å²) in [6.45, 7) is 7.23.